The topological polar surface area (TPSA) is 70.4 Å². The summed E-state index contributed by atoms with van der Waals surface area (Å²) >= 11 is 0. The number of hydrogen-bond acceptors (Lipinski definition) is 3. The van der Waals surface area contributed by atoms with Crippen molar-refractivity contribution in [1.29, 1.82) is 0 Å². The Bertz CT molecular complexity index is 454. The first-order valence-electron chi connectivity index (χ1n) is 7.19. The Kier molecular flexibility index (Phi) is 4.65. The minimum absolute atomic E-state index is 0.213. The number of anilines is 1. The lowest BCUT2D eigenvalue weighted by Crippen LogP contribution is -2.38. The summed E-state index contributed by atoms with van der Waals surface area (Å²) in [7, 11) is 1.70. The molecule has 1 fully saturated rings. The number of aromatic nitrogens is 2. The lowest BCUT2D eigenvalue weighted by Gasteiger charge is -2.21. The van der Waals surface area contributed by atoms with Crippen LogP contribution in [0.5, 0.6) is 0 Å². The molecule has 1 aromatic rings. The summed E-state index contributed by atoms with van der Waals surface area (Å²) in [5.74, 6) is 1.52. The molecule has 0 aliphatic heterocycles. The van der Waals surface area contributed by atoms with E-state index in [2.05, 4.69) is 24.3 Å². The summed E-state index contributed by atoms with van der Waals surface area (Å²) in [5.41, 5.74) is 0. The third-order valence-electron chi connectivity index (χ3n) is 3.46. The number of rotatable bonds is 6. The van der Waals surface area contributed by atoms with Crippen molar-refractivity contribution in [2.45, 2.75) is 39.3 Å². The molecule has 6 heteroatoms. The fourth-order valence-electron chi connectivity index (χ4n) is 2.13. The second-order valence-electron chi connectivity index (χ2n) is 6.01. The predicted molar refractivity (Wildman–Crippen MR) is 77.4 cm³/mol. The van der Waals surface area contributed by atoms with Crippen molar-refractivity contribution in [3.05, 3.63) is 12.3 Å². The van der Waals surface area contributed by atoms with Crippen LogP contribution in [0, 0.1) is 11.8 Å². The van der Waals surface area contributed by atoms with Crippen molar-refractivity contribution in [3.63, 3.8) is 0 Å². The third-order valence-corrected chi connectivity index (χ3v) is 3.46. The van der Waals surface area contributed by atoms with Crippen LogP contribution in [0.25, 0.3) is 0 Å². The molecule has 2 amide bonds. The Hall–Kier alpha value is -1.56. The molecule has 112 valence electrons. The van der Waals surface area contributed by atoms with Crippen LogP contribution in [-0.2, 0) is 6.54 Å². The number of nitrogens with one attached hydrogen (secondary N) is 1. The molecule has 1 saturated carbocycles. The quantitative estimate of drug-likeness (QED) is 0.834. The van der Waals surface area contributed by atoms with E-state index in [0.29, 0.717) is 24.2 Å². The molecular formula is C14H24N4O2. The second-order valence-corrected chi connectivity index (χ2v) is 6.01. The minimum Gasteiger partial charge on any atom is -0.391 e. The van der Waals surface area contributed by atoms with E-state index in [1.54, 1.807) is 24.0 Å². The molecule has 20 heavy (non-hydrogen) atoms. The fraction of sp³-hybridized carbons (Fsp3) is 0.714. The first-order chi connectivity index (χ1) is 9.47. The van der Waals surface area contributed by atoms with Crippen LogP contribution in [0.1, 0.15) is 26.7 Å². The van der Waals surface area contributed by atoms with Crippen LogP contribution < -0.4 is 5.32 Å². The van der Waals surface area contributed by atoms with Crippen LogP contribution in [0.2, 0.25) is 0 Å². The standard InChI is InChI=1S/C14H24N4O2/c1-10(2)8-18-13(6-7-15-18)16-14(20)17(3)9-12(19)11-4-5-11/h6-7,10-12,19H,4-5,8-9H2,1-3H3,(H,16,20). The molecule has 1 heterocycles. The lowest BCUT2D eigenvalue weighted by atomic mass is 10.2. The lowest BCUT2D eigenvalue weighted by molar-refractivity contribution is 0.117. The molecule has 1 aliphatic carbocycles. The number of aliphatic hydroxyl groups is 1. The van der Waals surface area contributed by atoms with Gasteiger partial charge in [-0.1, -0.05) is 13.8 Å². The van der Waals surface area contributed by atoms with Gasteiger partial charge in [0, 0.05) is 26.2 Å². The van der Waals surface area contributed by atoms with Crippen molar-refractivity contribution in [2.75, 3.05) is 18.9 Å². The van der Waals surface area contributed by atoms with Crippen molar-refractivity contribution >= 4 is 11.8 Å². The van der Waals surface area contributed by atoms with E-state index in [-0.39, 0.29) is 6.03 Å². The van der Waals surface area contributed by atoms with Crippen LogP contribution >= 0.6 is 0 Å². The maximum atomic E-state index is 12.1. The van der Waals surface area contributed by atoms with Gasteiger partial charge in [-0.3, -0.25) is 5.32 Å². The average Bonchev–Trinajstić information content (AvgIpc) is 3.13. The number of aliphatic hydroxyl groups excluding tert-OH is 1. The highest BCUT2D eigenvalue weighted by molar-refractivity contribution is 5.88. The summed E-state index contributed by atoms with van der Waals surface area (Å²) in [6.45, 7) is 5.34. The SMILES string of the molecule is CC(C)Cn1nccc1NC(=O)N(C)CC(O)C1CC1. The van der Waals surface area contributed by atoms with Crippen LogP contribution in [0.3, 0.4) is 0 Å². The number of likely N-dealkylation sites (N-methyl/N-ethyl adjacent to an activating group) is 1. The van der Waals surface area contributed by atoms with Gasteiger partial charge in [-0.25, -0.2) is 9.48 Å². The Morgan fingerprint density at radius 1 is 1.60 bits per heavy atom. The van der Waals surface area contributed by atoms with Crippen molar-refractivity contribution in [1.82, 2.24) is 14.7 Å². The molecule has 6 nitrogen and oxygen atoms in total. The highest BCUT2D eigenvalue weighted by Crippen LogP contribution is 2.32. The van der Waals surface area contributed by atoms with Crippen molar-refractivity contribution < 1.29 is 9.90 Å². The highest BCUT2D eigenvalue weighted by atomic mass is 16.3. The Morgan fingerprint density at radius 2 is 2.30 bits per heavy atom. The molecule has 2 rings (SSSR count). The largest absolute Gasteiger partial charge is 0.391 e. The predicted octanol–water partition coefficient (Wildman–Crippen LogP) is 1.77. The van der Waals surface area contributed by atoms with E-state index in [0.717, 1.165) is 19.4 Å². The van der Waals surface area contributed by atoms with Gasteiger partial charge in [0.2, 0.25) is 0 Å². The van der Waals surface area contributed by atoms with Gasteiger partial charge in [0.05, 0.1) is 12.3 Å². The number of hydrogen-bond donors (Lipinski definition) is 2. The summed E-state index contributed by atoms with van der Waals surface area (Å²) in [5, 5.41) is 16.9. The molecule has 2 N–H and O–H groups in total. The van der Waals surface area contributed by atoms with Crippen LogP contribution in [0.15, 0.2) is 12.3 Å². The molecule has 0 spiro atoms. The first kappa shape index (κ1) is 14.8. The highest BCUT2D eigenvalue weighted by Gasteiger charge is 2.31. The number of carbonyl (C=O) groups is 1. The van der Waals surface area contributed by atoms with Crippen molar-refractivity contribution in [2.24, 2.45) is 11.8 Å². The van der Waals surface area contributed by atoms with E-state index < -0.39 is 6.10 Å². The zero-order valence-corrected chi connectivity index (χ0v) is 12.4. The second kappa shape index (κ2) is 6.26. The van der Waals surface area contributed by atoms with Gasteiger partial charge in [-0.2, -0.15) is 5.10 Å². The molecule has 0 radical (unpaired) electrons. The van der Waals surface area contributed by atoms with E-state index >= 15 is 0 Å². The van der Waals surface area contributed by atoms with Crippen LogP contribution in [-0.4, -0.2) is 45.5 Å². The minimum atomic E-state index is -0.411. The van der Waals surface area contributed by atoms with Gasteiger partial charge in [0.1, 0.15) is 5.82 Å². The number of amides is 2. The average molecular weight is 280 g/mol. The van der Waals surface area contributed by atoms with Gasteiger partial charge >= 0.3 is 6.03 Å². The van der Waals surface area contributed by atoms with Gasteiger partial charge in [-0.15, -0.1) is 0 Å². The zero-order chi connectivity index (χ0) is 14.7. The maximum Gasteiger partial charge on any atom is 0.322 e. The summed E-state index contributed by atoms with van der Waals surface area (Å²) in [6.07, 6.45) is 3.40. The summed E-state index contributed by atoms with van der Waals surface area (Å²) in [4.78, 5) is 13.6. The molecule has 0 aromatic carbocycles. The molecule has 0 saturated heterocycles. The summed E-state index contributed by atoms with van der Waals surface area (Å²) < 4.78 is 1.79. The molecule has 1 aromatic heterocycles. The van der Waals surface area contributed by atoms with E-state index in [1.165, 1.54) is 4.90 Å². The monoisotopic (exact) mass is 280 g/mol. The van der Waals surface area contributed by atoms with Gasteiger partial charge in [0.15, 0.2) is 0 Å². The van der Waals surface area contributed by atoms with Crippen LogP contribution in [0.4, 0.5) is 10.6 Å². The Morgan fingerprint density at radius 3 is 2.90 bits per heavy atom. The Labute approximate surface area is 119 Å². The molecule has 1 atom stereocenters. The van der Waals surface area contributed by atoms with E-state index in [1.807, 2.05) is 0 Å². The number of urea groups is 1. The number of nitrogens with zero attached hydrogens (tertiary/aromatic N) is 3. The van der Waals surface area contributed by atoms with Crippen molar-refractivity contribution in [3.8, 4) is 0 Å². The number of carbonyl (C=O) groups excluding carboxylic acids is 1. The Balaban J connectivity index is 1.88. The van der Waals surface area contributed by atoms with Gasteiger partial charge in [-0.05, 0) is 24.7 Å². The first-order valence-corrected chi connectivity index (χ1v) is 7.19. The molecule has 1 aliphatic rings. The summed E-state index contributed by atoms with van der Waals surface area (Å²) in [6, 6.07) is 1.57. The molecule has 1 unspecified atom stereocenters. The molecular weight excluding hydrogens is 256 g/mol. The van der Waals surface area contributed by atoms with Gasteiger partial charge < -0.3 is 10.0 Å². The normalized spacial score (nSPS) is 16.2. The molecule has 0 bridgehead atoms. The fourth-order valence-corrected chi connectivity index (χ4v) is 2.13. The van der Waals surface area contributed by atoms with E-state index in [4.69, 9.17) is 0 Å². The van der Waals surface area contributed by atoms with E-state index in [9.17, 15) is 9.90 Å². The smallest absolute Gasteiger partial charge is 0.322 e. The third kappa shape index (κ3) is 3.96. The maximum absolute atomic E-state index is 12.1. The van der Waals surface area contributed by atoms with Gasteiger partial charge in [0.25, 0.3) is 0 Å². The zero-order valence-electron chi connectivity index (χ0n) is 12.4.